The molecule has 3 aromatic rings. The summed E-state index contributed by atoms with van der Waals surface area (Å²) in [6.45, 7) is 1.84. The van der Waals surface area contributed by atoms with Crippen LogP contribution in [-0.2, 0) is 4.57 Å². The van der Waals surface area contributed by atoms with E-state index in [4.69, 9.17) is 0 Å². The lowest BCUT2D eigenvalue weighted by molar-refractivity contribution is 0.592. The maximum atomic E-state index is 13.9. The van der Waals surface area contributed by atoms with Crippen LogP contribution in [-0.4, -0.2) is 0 Å². The van der Waals surface area contributed by atoms with Crippen molar-refractivity contribution in [3.63, 3.8) is 0 Å². The van der Waals surface area contributed by atoms with Crippen LogP contribution in [0.4, 0.5) is 4.39 Å². The lowest BCUT2D eigenvalue weighted by atomic mass is 10.2. The minimum absolute atomic E-state index is 0.291. The zero-order chi connectivity index (χ0) is 18.4. The van der Waals surface area contributed by atoms with Gasteiger partial charge >= 0.3 is 0 Å². The van der Waals surface area contributed by atoms with Crippen LogP contribution in [0, 0.1) is 17.7 Å². The van der Waals surface area contributed by atoms with Gasteiger partial charge in [-0.15, -0.1) is 0 Å². The molecule has 26 heavy (non-hydrogen) atoms. The molecule has 0 amide bonds. The first-order chi connectivity index (χ1) is 12.6. The summed E-state index contributed by atoms with van der Waals surface area (Å²) in [4.78, 5) is 0. The Morgan fingerprint density at radius 2 is 1.35 bits per heavy atom. The topological polar surface area (TPSA) is 17.1 Å². The summed E-state index contributed by atoms with van der Waals surface area (Å²) in [5.41, 5.74) is 1.43. The van der Waals surface area contributed by atoms with Crippen molar-refractivity contribution in [1.29, 1.82) is 0 Å². The molecule has 3 rings (SSSR count). The minimum Gasteiger partial charge on any atom is -0.309 e. The summed E-state index contributed by atoms with van der Waals surface area (Å²) in [5.74, 6) is 7.49. The van der Waals surface area contributed by atoms with Crippen LogP contribution >= 0.6 is 7.14 Å². The van der Waals surface area contributed by atoms with Gasteiger partial charge in [-0.05, 0) is 37.0 Å². The fourth-order valence-electron chi connectivity index (χ4n) is 2.61. The fourth-order valence-corrected chi connectivity index (χ4v) is 5.04. The number of rotatable bonds is 3. The summed E-state index contributed by atoms with van der Waals surface area (Å²) >= 11 is 0. The highest BCUT2D eigenvalue weighted by Gasteiger charge is 2.24. The average Bonchev–Trinajstić information content (AvgIpc) is 2.69. The van der Waals surface area contributed by atoms with E-state index >= 15 is 0 Å². The first kappa shape index (κ1) is 17.9. The molecule has 0 fully saturated rings. The molecule has 0 aliphatic rings. The van der Waals surface area contributed by atoms with Gasteiger partial charge in [0.25, 0.3) is 0 Å². The van der Waals surface area contributed by atoms with Crippen molar-refractivity contribution in [3.8, 4) is 11.8 Å². The molecular weight excluding hydrogens is 342 g/mol. The van der Waals surface area contributed by atoms with Crippen LogP contribution in [0.25, 0.3) is 0 Å². The minimum atomic E-state index is -2.93. The molecule has 0 bridgehead atoms. The summed E-state index contributed by atoms with van der Waals surface area (Å²) in [7, 11) is -2.93. The third kappa shape index (κ3) is 4.20. The van der Waals surface area contributed by atoms with Gasteiger partial charge in [-0.2, -0.15) is 0 Å². The lowest BCUT2D eigenvalue weighted by Gasteiger charge is -2.15. The van der Waals surface area contributed by atoms with E-state index in [9.17, 15) is 8.96 Å². The molecule has 0 saturated carbocycles. The fraction of sp³-hybridized carbons (Fsp3) is 0.0435. The predicted octanol–water partition coefficient (Wildman–Crippen LogP) is 5.10. The van der Waals surface area contributed by atoms with E-state index in [1.54, 1.807) is 17.9 Å². The molecule has 0 N–H and O–H groups in total. The second-order valence-electron chi connectivity index (χ2n) is 5.90. The highest BCUT2D eigenvalue weighted by molar-refractivity contribution is 7.81. The van der Waals surface area contributed by atoms with Crippen LogP contribution in [0.1, 0.15) is 12.5 Å². The molecule has 3 heteroatoms. The van der Waals surface area contributed by atoms with Gasteiger partial charge in [0.2, 0.25) is 0 Å². The van der Waals surface area contributed by atoms with E-state index in [1.807, 2.05) is 67.6 Å². The van der Waals surface area contributed by atoms with Crippen molar-refractivity contribution in [2.45, 2.75) is 6.92 Å². The van der Waals surface area contributed by atoms with Crippen LogP contribution < -0.4 is 10.6 Å². The SMILES string of the molecule is C/C(C#Cc1ccc(F)cc1)=C\P(=O)(c1ccccc1)c1ccccc1. The lowest BCUT2D eigenvalue weighted by Crippen LogP contribution is -2.14. The molecule has 0 atom stereocenters. The van der Waals surface area contributed by atoms with Crippen LogP contribution in [0.2, 0.25) is 0 Å². The third-order valence-electron chi connectivity index (χ3n) is 3.90. The zero-order valence-electron chi connectivity index (χ0n) is 14.4. The highest BCUT2D eigenvalue weighted by atomic mass is 31.2. The Kier molecular flexibility index (Phi) is 5.52. The molecule has 0 radical (unpaired) electrons. The number of allylic oxidation sites excluding steroid dienone is 1. The Labute approximate surface area is 153 Å². The molecule has 0 unspecified atom stereocenters. The van der Waals surface area contributed by atoms with Gasteiger partial charge in [0.1, 0.15) is 5.82 Å². The largest absolute Gasteiger partial charge is 0.309 e. The van der Waals surface area contributed by atoms with Gasteiger partial charge in [-0.25, -0.2) is 4.39 Å². The van der Waals surface area contributed by atoms with Crippen molar-refractivity contribution < 1.29 is 8.96 Å². The van der Waals surface area contributed by atoms with Crippen molar-refractivity contribution in [2.75, 3.05) is 0 Å². The number of halogens is 1. The van der Waals surface area contributed by atoms with Crippen LogP contribution in [0.5, 0.6) is 0 Å². The van der Waals surface area contributed by atoms with Crippen LogP contribution in [0.3, 0.4) is 0 Å². The Morgan fingerprint density at radius 3 is 1.85 bits per heavy atom. The summed E-state index contributed by atoms with van der Waals surface area (Å²) in [6, 6.07) is 24.9. The van der Waals surface area contributed by atoms with Crippen molar-refractivity contribution in [1.82, 2.24) is 0 Å². The van der Waals surface area contributed by atoms with Gasteiger partial charge in [-0.1, -0.05) is 72.5 Å². The van der Waals surface area contributed by atoms with E-state index in [0.29, 0.717) is 11.1 Å². The van der Waals surface area contributed by atoms with Crippen molar-refractivity contribution >= 4 is 17.8 Å². The molecule has 0 aromatic heterocycles. The van der Waals surface area contributed by atoms with Crippen LogP contribution in [0.15, 0.2) is 96.3 Å². The Hall–Kier alpha value is -2.88. The molecule has 1 nitrogen and oxygen atoms in total. The van der Waals surface area contributed by atoms with Crippen molar-refractivity contribution in [2.24, 2.45) is 0 Å². The number of benzene rings is 3. The molecule has 0 aliphatic heterocycles. The summed E-state index contributed by atoms with van der Waals surface area (Å²) in [6.07, 6.45) is 0. The van der Waals surface area contributed by atoms with Gasteiger partial charge in [0, 0.05) is 21.7 Å². The van der Waals surface area contributed by atoms with E-state index < -0.39 is 7.14 Å². The molecule has 0 heterocycles. The Bertz CT molecular complexity index is 967. The van der Waals surface area contributed by atoms with Crippen molar-refractivity contribution in [3.05, 3.63) is 108 Å². The highest BCUT2D eigenvalue weighted by Crippen LogP contribution is 2.45. The first-order valence-corrected chi connectivity index (χ1v) is 10.0. The normalized spacial score (nSPS) is 11.5. The van der Waals surface area contributed by atoms with E-state index in [1.165, 1.54) is 12.1 Å². The maximum absolute atomic E-state index is 13.9. The molecule has 0 saturated heterocycles. The van der Waals surface area contributed by atoms with Gasteiger partial charge in [-0.3, -0.25) is 0 Å². The standard InChI is InChI=1S/C23H18FOP/c1-19(12-13-20-14-16-21(24)17-15-20)18-26(25,22-8-4-2-5-9-22)23-10-6-3-7-11-23/h2-11,14-18H,1H3/b19-18+. The zero-order valence-corrected chi connectivity index (χ0v) is 15.3. The quantitative estimate of drug-likeness (QED) is 0.469. The summed E-state index contributed by atoms with van der Waals surface area (Å²) < 4.78 is 26.9. The second kappa shape index (κ2) is 8.00. The Morgan fingerprint density at radius 1 is 0.846 bits per heavy atom. The predicted molar refractivity (Wildman–Crippen MR) is 107 cm³/mol. The van der Waals surface area contributed by atoms with Gasteiger partial charge < -0.3 is 4.57 Å². The molecule has 128 valence electrons. The van der Waals surface area contributed by atoms with E-state index in [0.717, 1.165) is 10.6 Å². The van der Waals surface area contributed by atoms with E-state index in [-0.39, 0.29) is 5.82 Å². The monoisotopic (exact) mass is 360 g/mol. The molecule has 3 aromatic carbocycles. The maximum Gasteiger partial charge on any atom is 0.165 e. The smallest absolute Gasteiger partial charge is 0.165 e. The number of hydrogen-bond acceptors (Lipinski definition) is 1. The second-order valence-corrected chi connectivity index (χ2v) is 8.51. The van der Waals surface area contributed by atoms with Gasteiger partial charge in [0.15, 0.2) is 7.14 Å². The molecule has 0 spiro atoms. The van der Waals surface area contributed by atoms with E-state index in [2.05, 4.69) is 11.8 Å². The third-order valence-corrected chi connectivity index (χ3v) is 6.78. The first-order valence-electron chi connectivity index (χ1n) is 8.26. The molecular formula is C23H18FOP. The average molecular weight is 360 g/mol. The number of hydrogen-bond donors (Lipinski definition) is 0. The summed E-state index contributed by atoms with van der Waals surface area (Å²) in [5, 5.41) is 1.54. The molecule has 0 aliphatic carbocycles. The Balaban J connectivity index is 2.02. The van der Waals surface area contributed by atoms with Gasteiger partial charge in [0.05, 0.1) is 0 Å².